The van der Waals surface area contributed by atoms with E-state index in [0.29, 0.717) is 12.0 Å². The van der Waals surface area contributed by atoms with Crippen LogP contribution in [0.3, 0.4) is 0 Å². The zero-order valence-electron chi connectivity index (χ0n) is 16.7. The average Bonchev–Trinajstić information content (AvgIpc) is 3.23. The first-order valence-corrected chi connectivity index (χ1v) is 10.9. The van der Waals surface area contributed by atoms with E-state index < -0.39 is 0 Å². The molecule has 156 valence electrons. The summed E-state index contributed by atoms with van der Waals surface area (Å²) in [7, 11) is 2.11. The molecular weight excluding hydrogens is 402 g/mol. The van der Waals surface area contributed by atoms with Crippen molar-refractivity contribution in [3.8, 4) is 16.6 Å². The van der Waals surface area contributed by atoms with Crippen molar-refractivity contribution in [2.24, 2.45) is 0 Å². The van der Waals surface area contributed by atoms with E-state index in [1.807, 2.05) is 12.3 Å². The van der Waals surface area contributed by atoms with E-state index in [0.717, 1.165) is 67.0 Å². The predicted octanol–water partition coefficient (Wildman–Crippen LogP) is 2.68. The summed E-state index contributed by atoms with van der Waals surface area (Å²) >= 11 is 1.50. The Bertz CT molecular complexity index is 1020. The summed E-state index contributed by atoms with van der Waals surface area (Å²) in [5.74, 6) is 0.574. The second kappa shape index (κ2) is 8.58. The first-order valence-electron chi connectivity index (χ1n) is 10.1. The third kappa shape index (κ3) is 4.40. The number of nitrogens with zero attached hydrogens (tertiary/aromatic N) is 6. The molecule has 5 heterocycles. The average molecular weight is 426 g/mol. The van der Waals surface area contributed by atoms with Gasteiger partial charge < -0.3 is 19.7 Å². The third-order valence-corrected chi connectivity index (χ3v) is 6.11. The van der Waals surface area contributed by atoms with Crippen LogP contribution in [0.5, 0.6) is 6.01 Å². The van der Waals surface area contributed by atoms with Crippen LogP contribution in [0.1, 0.15) is 24.1 Å². The van der Waals surface area contributed by atoms with Crippen LogP contribution in [0.4, 0.5) is 11.1 Å². The maximum absolute atomic E-state index is 5.92. The van der Waals surface area contributed by atoms with Crippen LogP contribution in [0.25, 0.3) is 10.6 Å². The maximum atomic E-state index is 5.92. The van der Waals surface area contributed by atoms with E-state index in [1.54, 1.807) is 12.4 Å². The van der Waals surface area contributed by atoms with Crippen LogP contribution >= 0.6 is 11.3 Å². The summed E-state index contributed by atoms with van der Waals surface area (Å²) in [6.07, 6.45) is 8.17. The quantitative estimate of drug-likeness (QED) is 0.661. The van der Waals surface area contributed by atoms with Crippen molar-refractivity contribution in [3.05, 3.63) is 35.9 Å². The lowest BCUT2D eigenvalue weighted by molar-refractivity contribution is 0.0217. The molecule has 0 unspecified atom stereocenters. The minimum Gasteiger partial charge on any atom is -0.460 e. The second-order valence-corrected chi connectivity index (χ2v) is 8.49. The Hall–Kier alpha value is -2.69. The molecule has 0 aliphatic carbocycles. The highest BCUT2D eigenvalue weighted by Gasteiger charge is 2.18. The third-order valence-electron chi connectivity index (χ3n) is 5.18. The lowest BCUT2D eigenvalue weighted by atomic mass is 10.1. The fourth-order valence-corrected chi connectivity index (χ4v) is 4.32. The van der Waals surface area contributed by atoms with Gasteiger partial charge in [0, 0.05) is 56.5 Å². The number of rotatable bonds is 5. The first-order chi connectivity index (χ1) is 14.7. The molecule has 30 heavy (non-hydrogen) atoms. The number of ether oxygens (including phenoxy) is 2. The Labute approximate surface area is 178 Å². The van der Waals surface area contributed by atoms with E-state index in [-0.39, 0.29) is 6.10 Å². The van der Waals surface area contributed by atoms with Gasteiger partial charge >= 0.3 is 6.01 Å². The fourth-order valence-electron chi connectivity index (χ4n) is 3.54. The van der Waals surface area contributed by atoms with Gasteiger partial charge in [-0.2, -0.15) is 4.98 Å². The topological polar surface area (TPSA) is 98.2 Å². The van der Waals surface area contributed by atoms with Gasteiger partial charge in [-0.25, -0.2) is 19.9 Å². The van der Waals surface area contributed by atoms with Crippen molar-refractivity contribution in [2.75, 3.05) is 32.1 Å². The van der Waals surface area contributed by atoms with Gasteiger partial charge in [-0.15, -0.1) is 0 Å². The monoisotopic (exact) mass is 425 g/mol. The summed E-state index contributed by atoms with van der Waals surface area (Å²) < 4.78 is 11.3. The molecule has 0 spiro atoms. The van der Waals surface area contributed by atoms with Gasteiger partial charge in [0.2, 0.25) is 5.95 Å². The molecule has 0 saturated carbocycles. The molecule has 3 aromatic rings. The van der Waals surface area contributed by atoms with Gasteiger partial charge in [0.1, 0.15) is 6.10 Å². The zero-order chi connectivity index (χ0) is 20.3. The Kier molecular flexibility index (Phi) is 5.52. The molecule has 1 fully saturated rings. The molecule has 3 aromatic heterocycles. The highest BCUT2D eigenvalue weighted by molar-refractivity contribution is 7.18. The lowest BCUT2D eigenvalue weighted by Gasteiger charge is -2.23. The van der Waals surface area contributed by atoms with Crippen molar-refractivity contribution < 1.29 is 9.47 Å². The van der Waals surface area contributed by atoms with Crippen LogP contribution in [-0.2, 0) is 17.7 Å². The van der Waals surface area contributed by atoms with Crippen LogP contribution in [0, 0.1) is 0 Å². The Morgan fingerprint density at radius 3 is 2.97 bits per heavy atom. The smallest absolute Gasteiger partial charge is 0.317 e. The molecular formula is C20H23N7O2S. The van der Waals surface area contributed by atoms with Gasteiger partial charge in [-0.05, 0) is 13.1 Å². The molecule has 1 saturated heterocycles. The van der Waals surface area contributed by atoms with Gasteiger partial charge in [-0.1, -0.05) is 11.3 Å². The molecule has 2 aliphatic rings. The molecule has 0 atom stereocenters. The summed E-state index contributed by atoms with van der Waals surface area (Å²) in [6, 6.07) is 2.25. The van der Waals surface area contributed by atoms with Crippen LogP contribution < -0.4 is 10.1 Å². The summed E-state index contributed by atoms with van der Waals surface area (Å²) in [4.78, 5) is 25.6. The summed E-state index contributed by atoms with van der Waals surface area (Å²) in [6.45, 7) is 3.34. The molecule has 5 rings (SSSR count). The highest BCUT2D eigenvalue weighted by Crippen LogP contribution is 2.30. The standard InChI is InChI=1S/C20H23N7O2S/c1-27-7-3-15-13(12-27)10-22-18(24-15)26-20-23-11-17(30-20)16-2-6-21-19(25-16)29-14-4-8-28-9-5-14/h2,6,10-11,14H,3-5,7-9,12H2,1H3,(H,22,23,24,26). The van der Waals surface area contributed by atoms with Gasteiger partial charge in [-0.3, -0.25) is 0 Å². The number of anilines is 2. The minimum atomic E-state index is 0.105. The van der Waals surface area contributed by atoms with E-state index in [1.165, 1.54) is 16.9 Å². The number of hydrogen-bond acceptors (Lipinski definition) is 10. The van der Waals surface area contributed by atoms with Gasteiger partial charge in [0.25, 0.3) is 0 Å². The van der Waals surface area contributed by atoms with Crippen molar-refractivity contribution in [2.45, 2.75) is 31.9 Å². The number of likely N-dealkylation sites (N-methyl/N-ethyl adjacent to an activating group) is 1. The highest BCUT2D eigenvalue weighted by atomic mass is 32.1. The van der Waals surface area contributed by atoms with Crippen LogP contribution in [0.2, 0.25) is 0 Å². The summed E-state index contributed by atoms with van der Waals surface area (Å²) in [5.41, 5.74) is 3.08. The van der Waals surface area contributed by atoms with Crippen molar-refractivity contribution >= 4 is 22.4 Å². The van der Waals surface area contributed by atoms with E-state index in [4.69, 9.17) is 9.47 Å². The van der Waals surface area contributed by atoms with Gasteiger partial charge in [0.15, 0.2) is 5.13 Å². The Morgan fingerprint density at radius 2 is 2.07 bits per heavy atom. The molecule has 0 aromatic carbocycles. The SMILES string of the molecule is CN1CCc2nc(Nc3ncc(-c4ccnc(OC5CCOCC5)n4)s3)ncc2C1. The molecule has 0 bridgehead atoms. The van der Waals surface area contributed by atoms with Crippen molar-refractivity contribution in [1.29, 1.82) is 0 Å². The molecule has 0 amide bonds. The van der Waals surface area contributed by atoms with E-state index in [9.17, 15) is 0 Å². The predicted molar refractivity (Wildman–Crippen MR) is 113 cm³/mol. The van der Waals surface area contributed by atoms with Crippen LogP contribution in [-0.4, -0.2) is 62.7 Å². The second-order valence-electron chi connectivity index (χ2n) is 7.46. The molecule has 0 radical (unpaired) electrons. The zero-order valence-corrected chi connectivity index (χ0v) is 17.6. The van der Waals surface area contributed by atoms with Crippen molar-refractivity contribution in [3.63, 3.8) is 0 Å². The Morgan fingerprint density at radius 1 is 1.17 bits per heavy atom. The normalized spacial score (nSPS) is 17.5. The Balaban J connectivity index is 1.28. The van der Waals surface area contributed by atoms with Crippen LogP contribution in [0.15, 0.2) is 24.7 Å². The number of nitrogens with one attached hydrogen (secondary N) is 1. The number of thiazole rings is 1. The minimum absolute atomic E-state index is 0.105. The van der Waals surface area contributed by atoms with Crippen molar-refractivity contribution in [1.82, 2.24) is 29.8 Å². The van der Waals surface area contributed by atoms with E-state index in [2.05, 4.69) is 42.2 Å². The fraction of sp³-hybridized carbons (Fsp3) is 0.450. The lowest BCUT2D eigenvalue weighted by Crippen LogP contribution is -2.27. The van der Waals surface area contributed by atoms with E-state index >= 15 is 0 Å². The maximum Gasteiger partial charge on any atom is 0.317 e. The largest absolute Gasteiger partial charge is 0.460 e. The number of hydrogen-bond donors (Lipinski definition) is 1. The van der Waals surface area contributed by atoms with Gasteiger partial charge in [0.05, 0.1) is 29.5 Å². The molecule has 9 nitrogen and oxygen atoms in total. The molecule has 1 N–H and O–H groups in total. The first kappa shape index (κ1) is 19.3. The molecule has 10 heteroatoms. The number of fused-ring (bicyclic) bond motifs is 1. The summed E-state index contributed by atoms with van der Waals surface area (Å²) in [5, 5.41) is 3.94. The number of aromatic nitrogens is 5. The molecule has 2 aliphatic heterocycles.